The predicted octanol–water partition coefficient (Wildman–Crippen LogP) is 1.83. The van der Waals surface area contributed by atoms with Crippen LogP contribution in [-0.2, 0) is 6.42 Å². The van der Waals surface area contributed by atoms with E-state index in [1.807, 2.05) is 25.1 Å². The van der Waals surface area contributed by atoms with Gasteiger partial charge in [-0.3, -0.25) is 9.78 Å². The fourth-order valence-electron chi connectivity index (χ4n) is 2.98. The first-order chi connectivity index (χ1) is 10.6. The normalized spacial score (nSPS) is 21.9. The highest BCUT2D eigenvalue weighted by molar-refractivity contribution is 5.95. The van der Waals surface area contributed by atoms with Crippen LogP contribution in [0.3, 0.4) is 0 Å². The average Bonchev–Trinajstić information content (AvgIpc) is 2.91. The molecule has 1 aliphatic carbocycles. The van der Waals surface area contributed by atoms with Crippen molar-refractivity contribution < 1.29 is 9.90 Å². The van der Waals surface area contributed by atoms with Crippen molar-refractivity contribution in [1.82, 2.24) is 15.3 Å². The van der Waals surface area contributed by atoms with Crippen molar-refractivity contribution in [1.29, 1.82) is 0 Å². The second-order valence-electron chi connectivity index (χ2n) is 6.01. The van der Waals surface area contributed by atoms with Crippen molar-refractivity contribution in [3.8, 4) is 0 Å². The number of rotatable bonds is 5. The number of nitrogens with zero attached hydrogens (tertiary/aromatic N) is 1. The van der Waals surface area contributed by atoms with Gasteiger partial charge in [0, 0.05) is 36.2 Å². The quantitative estimate of drug-likeness (QED) is 0.788. The third kappa shape index (κ3) is 3.20. The molecule has 0 unspecified atom stereocenters. The van der Waals surface area contributed by atoms with Gasteiger partial charge in [-0.1, -0.05) is 6.07 Å². The topological polar surface area (TPSA) is 78.0 Å². The maximum absolute atomic E-state index is 12.4. The molecule has 0 bridgehead atoms. The highest BCUT2D eigenvalue weighted by Crippen LogP contribution is 2.31. The summed E-state index contributed by atoms with van der Waals surface area (Å²) >= 11 is 0. The molecule has 1 aliphatic rings. The maximum Gasteiger partial charge on any atom is 0.253 e. The molecule has 0 spiro atoms. The van der Waals surface area contributed by atoms with Crippen LogP contribution in [0.1, 0.15) is 34.6 Å². The predicted molar refractivity (Wildman–Crippen MR) is 83.5 cm³/mol. The van der Waals surface area contributed by atoms with E-state index >= 15 is 0 Å². The second-order valence-corrected chi connectivity index (χ2v) is 6.01. The molecule has 2 heterocycles. The summed E-state index contributed by atoms with van der Waals surface area (Å²) in [5, 5.41) is 12.7. The molecule has 116 valence electrons. The molecule has 1 amide bonds. The van der Waals surface area contributed by atoms with Crippen molar-refractivity contribution in [2.45, 2.75) is 38.3 Å². The first kappa shape index (κ1) is 14.8. The number of aromatic nitrogens is 2. The van der Waals surface area contributed by atoms with E-state index in [4.69, 9.17) is 0 Å². The summed E-state index contributed by atoms with van der Waals surface area (Å²) in [6.45, 7) is 1.88. The zero-order valence-corrected chi connectivity index (χ0v) is 12.6. The van der Waals surface area contributed by atoms with Crippen LogP contribution in [0.4, 0.5) is 0 Å². The van der Waals surface area contributed by atoms with Gasteiger partial charge in [0.15, 0.2) is 0 Å². The first-order valence-corrected chi connectivity index (χ1v) is 7.66. The highest BCUT2D eigenvalue weighted by atomic mass is 16.3. The van der Waals surface area contributed by atoms with E-state index in [0.29, 0.717) is 17.9 Å². The van der Waals surface area contributed by atoms with Crippen molar-refractivity contribution in [3.05, 3.63) is 53.6 Å². The number of hydrogen-bond donors (Lipinski definition) is 3. The number of aryl methyl sites for hydroxylation is 1. The number of pyridine rings is 1. The smallest absolute Gasteiger partial charge is 0.253 e. The summed E-state index contributed by atoms with van der Waals surface area (Å²) < 4.78 is 0. The lowest BCUT2D eigenvalue weighted by atomic mass is 9.76. The first-order valence-electron chi connectivity index (χ1n) is 7.66. The number of carbonyl (C=O) groups is 1. The number of aromatic amines is 1. The lowest BCUT2D eigenvalue weighted by Crippen LogP contribution is -2.48. The summed E-state index contributed by atoms with van der Waals surface area (Å²) in [4.78, 5) is 19.8. The van der Waals surface area contributed by atoms with Gasteiger partial charge in [0.05, 0.1) is 11.7 Å². The molecule has 22 heavy (non-hydrogen) atoms. The summed E-state index contributed by atoms with van der Waals surface area (Å²) in [5.41, 5.74) is 2.49. The molecule has 5 heteroatoms. The Hall–Kier alpha value is -2.14. The van der Waals surface area contributed by atoms with Crippen LogP contribution in [0.5, 0.6) is 0 Å². The minimum Gasteiger partial charge on any atom is -0.393 e. The van der Waals surface area contributed by atoms with Gasteiger partial charge in [-0.25, -0.2) is 0 Å². The number of hydrogen-bond acceptors (Lipinski definition) is 3. The molecular formula is C17H21N3O2. The molecule has 0 saturated heterocycles. The number of amides is 1. The number of carbonyl (C=O) groups excluding carboxylic acids is 1. The van der Waals surface area contributed by atoms with Crippen LogP contribution < -0.4 is 5.32 Å². The molecule has 1 fully saturated rings. The molecule has 2 aromatic rings. The number of H-pyrrole nitrogens is 1. The van der Waals surface area contributed by atoms with Gasteiger partial charge in [-0.05, 0) is 43.9 Å². The van der Waals surface area contributed by atoms with Crippen molar-refractivity contribution in [2.24, 2.45) is 5.92 Å². The van der Waals surface area contributed by atoms with Crippen LogP contribution in [0.2, 0.25) is 0 Å². The summed E-state index contributed by atoms with van der Waals surface area (Å²) in [7, 11) is 0. The third-order valence-electron chi connectivity index (χ3n) is 4.39. The summed E-state index contributed by atoms with van der Waals surface area (Å²) in [6.07, 6.45) is 5.47. The van der Waals surface area contributed by atoms with E-state index in [0.717, 1.165) is 24.2 Å². The van der Waals surface area contributed by atoms with E-state index in [1.54, 1.807) is 18.5 Å². The molecule has 0 aromatic carbocycles. The van der Waals surface area contributed by atoms with E-state index in [9.17, 15) is 9.90 Å². The van der Waals surface area contributed by atoms with E-state index < -0.39 is 0 Å². The lowest BCUT2D eigenvalue weighted by Gasteiger charge is -2.38. The number of aliphatic hydroxyl groups excluding tert-OH is 1. The van der Waals surface area contributed by atoms with Crippen LogP contribution in [-0.4, -0.2) is 33.1 Å². The van der Waals surface area contributed by atoms with Gasteiger partial charge in [0.2, 0.25) is 0 Å². The van der Waals surface area contributed by atoms with Gasteiger partial charge in [0.1, 0.15) is 0 Å². The average molecular weight is 299 g/mol. The zero-order chi connectivity index (χ0) is 15.5. The molecule has 0 radical (unpaired) electrons. The molecule has 3 rings (SSSR count). The second kappa shape index (κ2) is 6.32. The maximum atomic E-state index is 12.4. The molecule has 1 atom stereocenters. The Morgan fingerprint density at radius 1 is 1.45 bits per heavy atom. The highest BCUT2D eigenvalue weighted by Gasteiger charge is 2.35. The van der Waals surface area contributed by atoms with Gasteiger partial charge in [0.25, 0.3) is 5.91 Å². The van der Waals surface area contributed by atoms with Crippen LogP contribution >= 0.6 is 0 Å². The Bertz CT molecular complexity index is 632. The Kier molecular flexibility index (Phi) is 4.24. The third-order valence-corrected chi connectivity index (χ3v) is 4.39. The summed E-state index contributed by atoms with van der Waals surface area (Å²) in [5.74, 6) is 0.237. The standard InChI is InChI=1S/C17H21N3O2/c1-11-15(5-7-18-11)17(22)20-16(12-8-14(21)9-12)10-13-4-2-3-6-19-13/h2-7,12,14,16,18,21H,8-10H2,1H3,(H,20,22)/t12?,14?,16-/m0/s1. The molecule has 1 saturated carbocycles. The molecule has 0 aliphatic heterocycles. The molecular weight excluding hydrogens is 278 g/mol. The van der Waals surface area contributed by atoms with Gasteiger partial charge >= 0.3 is 0 Å². The minimum absolute atomic E-state index is 0.0000926. The van der Waals surface area contributed by atoms with Gasteiger partial charge in [-0.2, -0.15) is 0 Å². The molecule has 2 aromatic heterocycles. The SMILES string of the molecule is Cc1[nH]ccc1C(=O)N[C@@H](Cc1ccccn1)C1CC(O)C1. The Balaban J connectivity index is 1.71. The van der Waals surface area contributed by atoms with Crippen LogP contribution in [0, 0.1) is 12.8 Å². The fourth-order valence-corrected chi connectivity index (χ4v) is 2.98. The Morgan fingerprint density at radius 3 is 2.86 bits per heavy atom. The lowest BCUT2D eigenvalue weighted by molar-refractivity contribution is 0.0237. The fraction of sp³-hybridized carbons (Fsp3) is 0.412. The minimum atomic E-state index is -0.234. The van der Waals surface area contributed by atoms with E-state index in [-0.39, 0.29) is 18.1 Å². The van der Waals surface area contributed by atoms with E-state index in [1.165, 1.54) is 0 Å². The Morgan fingerprint density at radius 2 is 2.27 bits per heavy atom. The molecule has 5 nitrogen and oxygen atoms in total. The van der Waals surface area contributed by atoms with Crippen molar-refractivity contribution >= 4 is 5.91 Å². The number of aliphatic hydroxyl groups is 1. The number of nitrogens with one attached hydrogen (secondary N) is 2. The van der Waals surface area contributed by atoms with E-state index in [2.05, 4.69) is 15.3 Å². The van der Waals surface area contributed by atoms with Crippen LogP contribution in [0.15, 0.2) is 36.7 Å². The monoisotopic (exact) mass is 299 g/mol. The van der Waals surface area contributed by atoms with Crippen molar-refractivity contribution in [3.63, 3.8) is 0 Å². The summed E-state index contributed by atoms with van der Waals surface area (Å²) in [6, 6.07) is 7.59. The van der Waals surface area contributed by atoms with Gasteiger partial charge in [-0.15, -0.1) is 0 Å². The molecule has 3 N–H and O–H groups in total. The van der Waals surface area contributed by atoms with Gasteiger partial charge < -0.3 is 15.4 Å². The van der Waals surface area contributed by atoms with Crippen LogP contribution in [0.25, 0.3) is 0 Å². The van der Waals surface area contributed by atoms with Crippen molar-refractivity contribution in [2.75, 3.05) is 0 Å². The zero-order valence-electron chi connectivity index (χ0n) is 12.6. The largest absolute Gasteiger partial charge is 0.393 e. The Labute approximate surface area is 129 Å².